The Bertz CT molecular complexity index is 409. The fraction of sp³-hybridized carbons (Fsp3) is 0.647. The molecule has 3 unspecified atom stereocenters. The molecule has 2 saturated heterocycles. The predicted molar refractivity (Wildman–Crippen MR) is 81.7 cm³/mol. The van der Waals surface area contributed by atoms with Crippen molar-refractivity contribution in [2.45, 2.75) is 51.0 Å². The molecule has 110 valence electrons. The first kappa shape index (κ1) is 14.1. The fourth-order valence-electron chi connectivity index (χ4n) is 3.38. The number of rotatable bonds is 4. The van der Waals surface area contributed by atoms with Gasteiger partial charge in [0, 0.05) is 25.7 Å². The van der Waals surface area contributed by atoms with Gasteiger partial charge in [0.2, 0.25) is 0 Å². The van der Waals surface area contributed by atoms with E-state index >= 15 is 0 Å². The van der Waals surface area contributed by atoms with Gasteiger partial charge in [0.05, 0.1) is 12.2 Å². The third-order valence-electron chi connectivity index (χ3n) is 4.44. The van der Waals surface area contributed by atoms with Gasteiger partial charge in [-0.3, -0.25) is 4.90 Å². The third kappa shape index (κ3) is 3.81. The van der Waals surface area contributed by atoms with Gasteiger partial charge < -0.3 is 10.1 Å². The molecule has 0 spiro atoms. The molecule has 1 aromatic carbocycles. The number of likely N-dealkylation sites (tertiary alicyclic amines) is 1. The van der Waals surface area contributed by atoms with Gasteiger partial charge in [0.15, 0.2) is 0 Å². The second-order valence-corrected chi connectivity index (χ2v) is 6.27. The van der Waals surface area contributed by atoms with Crippen molar-refractivity contribution in [1.29, 1.82) is 0 Å². The summed E-state index contributed by atoms with van der Waals surface area (Å²) in [6.07, 6.45) is 4.42. The highest BCUT2D eigenvalue weighted by atomic mass is 16.5. The summed E-state index contributed by atoms with van der Waals surface area (Å²) in [5, 5.41) is 3.49. The van der Waals surface area contributed by atoms with Crippen molar-refractivity contribution in [3.05, 3.63) is 35.9 Å². The first-order valence-electron chi connectivity index (χ1n) is 7.95. The maximum absolute atomic E-state index is 6.31. The molecule has 0 saturated carbocycles. The normalized spacial score (nSPS) is 31.6. The zero-order chi connectivity index (χ0) is 13.8. The summed E-state index contributed by atoms with van der Waals surface area (Å²) in [5.41, 5.74) is 1.41. The van der Waals surface area contributed by atoms with Crippen LogP contribution in [-0.2, 0) is 11.3 Å². The molecular formula is C17H26N2O. The largest absolute Gasteiger partial charge is 0.373 e. The monoisotopic (exact) mass is 274 g/mol. The summed E-state index contributed by atoms with van der Waals surface area (Å²) >= 11 is 0. The van der Waals surface area contributed by atoms with E-state index in [4.69, 9.17) is 4.74 Å². The summed E-state index contributed by atoms with van der Waals surface area (Å²) in [5.74, 6) is 0. The smallest absolute Gasteiger partial charge is 0.0718 e. The van der Waals surface area contributed by atoms with Crippen LogP contribution in [0.5, 0.6) is 0 Å². The van der Waals surface area contributed by atoms with Gasteiger partial charge >= 0.3 is 0 Å². The number of benzene rings is 1. The highest BCUT2D eigenvalue weighted by Crippen LogP contribution is 2.21. The molecule has 3 atom stereocenters. The molecule has 3 heteroatoms. The first-order valence-corrected chi connectivity index (χ1v) is 7.95. The van der Waals surface area contributed by atoms with Crippen LogP contribution in [0, 0.1) is 0 Å². The average Bonchev–Trinajstić information content (AvgIpc) is 2.87. The van der Waals surface area contributed by atoms with Gasteiger partial charge in [-0.05, 0) is 38.3 Å². The Kier molecular flexibility index (Phi) is 4.71. The van der Waals surface area contributed by atoms with Crippen LogP contribution >= 0.6 is 0 Å². The maximum Gasteiger partial charge on any atom is 0.0718 e. The molecule has 2 heterocycles. The number of nitrogens with one attached hydrogen (secondary N) is 1. The number of piperidine rings is 1. The van der Waals surface area contributed by atoms with E-state index in [9.17, 15) is 0 Å². The molecule has 3 nitrogen and oxygen atoms in total. The number of hydrogen-bond donors (Lipinski definition) is 1. The van der Waals surface area contributed by atoms with Crippen LogP contribution in [0.15, 0.2) is 30.3 Å². The molecular weight excluding hydrogens is 248 g/mol. The summed E-state index contributed by atoms with van der Waals surface area (Å²) in [6, 6.07) is 11.4. The summed E-state index contributed by atoms with van der Waals surface area (Å²) < 4.78 is 6.31. The molecule has 0 aliphatic carbocycles. The lowest BCUT2D eigenvalue weighted by molar-refractivity contribution is -0.0273. The standard InChI is InChI=1S/C17H26N2O/c1-14-11-16(7-9-18-14)20-17-8-10-19(13-17)12-15-5-3-2-4-6-15/h2-6,14,16-18H,7-13H2,1H3. The van der Waals surface area contributed by atoms with E-state index in [1.165, 1.54) is 24.9 Å². The predicted octanol–water partition coefficient (Wildman–Crippen LogP) is 2.42. The van der Waals surface area contributed by atoms with Crippen LogP contribution < -0.4 is 5.32 Å². The quantitative estimate of drug-likeness (QED) is 0.912. The van der Waals surface area contributed by atoms with Crippen LogP contribution in [-0.4, -0.2) is 42.8 Å². The summed E-state index contributed by atoms with van der Waals surface area (Å²) in [4.78, 5) is 2.52. The number of nitrogens with zero attached hydrogens (tertiary/aromatic N) is 1. The molecule has 3 rings (SSSR count). The Morgan fingerprint density at radius 2 is 2.05 bits per heavy atom. The van der Waals surface area contributed by atoms with Crippen LogP contribution in [0.2, 0.25) is 0 Å². The molecule has 1 N–H and O–H groups in total. The Balaban J connectivity index is 1.45. The van der Waals surface area contributed by atoms with E-state index in [2.05, 4.69) is 47.5 Å². The van der Waals surface area contributed by atoms with Crippen molar-refractivity contribution in [3.63, 3.8) is 0 Å². The lowest BCUT2D eigenvalue weighted by Gasteiger charge is -2.30. The van der Waals surface area contributed by atoms with Crippen molar-refractivity contribution in [3.8, 4) is 0 Å². The van der Waals surface area contributed by atoms with Crippen molar-refractivity contribution in [1.82, 2.24) is 10.2 Å². The van der Waals surface area contributed by atoms with Gasteiger partial charge in [-0.15, -0.1) is 0 Å². The van der Waals surface area contributed by atoms with Crippen LogP contribution in [0.25, 0.3) is 0 Å². The topological polar surface area (TPSA) is 24.5 Å². The third-order valence-corrected chi connectivity index (χ3v) is 4.44. The summed E-state index contributed by atoms with van der Waals surface area (Å²) in [7, 11) is 0. The zero-order valence-corrected chi connectivity index (χ0v) is 12.4. The second-order valence-electron chi connectivity index (χ2n) is 6.27. The van der Waals surface area contributed by atoms with Crippen molar-refractivity contribution >= 4 is 0 Å². The lowest BCUT2D eigenvalue weighted by Crippen LogP contribution is -2.41. The zero-order valence-electron chi connectivity index (χ0n) is 12.4. The fourth-order valence-corrected chi connectivity index (χ4v) is 3.38. The molecule has 2 aliphatic rings. The minimum atomic E-state index is 0.439. The van der Waals surface area contributed by atoms with E-state index in [0.29, 0.717) is 18.2 Å². The lowest BCUT2D eigenvalue weighted by atomic mass is 10.0. The molecule has 1 aromatic rings. The Hall–Kier alpha value is -0.900. The molecule has 20 heavy (non-hydrogen) atoms. The van der Waals surface area contributed by atoms with Gasteiger partial charge in [0.1, 0.15) is 0 Å². The van der Waals surface area contributed by atoms with Crippen molar-refractivity contribution in [2.75, 3.05) is 19.6 Å². The number of hydrogen-bond acceptors (Lipinski definition) is 3. The van der Waals surface area contributed by atoms with E-state index < -0.39 is 0 Å². The summed E-state index contributed by atoms with van der Waals surface area (Å²) in [6.45, 7) is 6.68. The average molecular weight is 274 g/mol. The molecule has 0 radical (unpaired) electrons. The second kappa shape index (κ2) is 6.70. The highest BCUT2D eigenvalue weighted by Gasteiger charge is 2.27. The van der Waals surface area contributed by atoms with Gasteiger partial charge in [-0.25, -0.2) is 0 Å². The van der Waals surface area contributed by atoms with Gasteiger partial charge in [-0.1, -0.05) is 30.3 Å². The van der Waals surface area contributed by atoms with E-state index in [1.54, 1.807) is 0 Å². The molecule has 2 fully saturated rings. The Labute approximate surface area is 122 Å². The van der Waals surface area contributed by atoms with E-state index in [0.717, 1.165) is 26.1 Å². The minimum absolute atomic E-state index is 0.439. The van der Waals surface area contributed by atoms with Gasteiger partial charge in [-0.2, -0.15) is 0 Å². The molecule has 0 amide bonds. The SMILES string of the molecule is CC1CC(OC2CCN(Cc3ccccc3)C2)CCN1. The Morgan fingerprint density at radius 1 is 1.20 bits per heavy atom. The minimum Gasteiger partial charge on any atom is -0.373 e. The molecule has 0 aromatic heterocycles. The van der Waals surface area contributed by atoms with E-state index in [-0.39, 0.29) is 0 Å². The molecule has 0 bridgehead atoms. The van der Waals surface area contributed by atoms with E-state index in [1.807, 2.05) is 0 Å². The molecule has 2 aliphatic heterocycles. The first-order chi connectivity index (χ1) is 9.79. The van der Waals surface area contributed by atoms with Crippen LogP contribution in [0.1, 0.15) is 31.7 Å². The Morgan fingerprint density at radius 3 is 2.85 bits per heavy atom. The van der Waals surface area contributed by atoms with Crippen LogP contribution in [0.4, 0.5) is 0 Å². The highest BCUT2D eigenvalue weighted by molar-refractivity contribution is 5.14. The van der Waals surface area contributed by atoms with Gasteiger partial charge in [0.25, 0.3) is 0 Å². The maximum atomic E-state index is 6.31. The number of ether oxygens (including phenoxy) is 1. The van der Waals surface area contributed by atoms with Crippen molar-refractivity contribution < 1.29 is 4.74 Å². The van der Waals surface area contributed by atoms with Crippen molar-refractivity contribution in [2.24, 2.45) is 0 Å². The van der Waals surface area contributed by atoms with Crippen LogP contribution in [0.3, 0.4) is 0 Å².